The summed E-state index contributed by atoms with van der Waals surface area (Å²) in [4.78, 5) is 24.3. The number of hydrogen-bond donors (Lipinski definition) is 9. The average molecular weight is 640 g/mol. The van der Waals surface area contributed by atoms with E-state index in [1.165, 1.54) is 32.1 Å². The third-order valence-corrected chi connectivity index (χ3v) is 8.11. The molecule has 0 aromatic heterocycles. The standard InChI is InChI=1S/C29H53NO14/c1-3-4-5-6-7-8-9-10-11-12-13-41-27-24(38)26(23(37)20(16-32)42-27)44-29(28(39)40)14-18(34)21(30-17(2)33)25(43-29)22(36)19(35)15-31/h18-27,31-32,34-38H,3-16H2,1-2H3,(H,30,33)(H,39,40)/t18-,19+,20+,21+,22+,23-,24+,25+,26-,27+,29-/m0/s1. The first kappa shape index (κ1) is 38.7. The van der Waals surface area contributed by atoms with Crippen molar-refractivity contribution < 1.29 is 69.4 Å². The smallest absolute Gasteiger partial charge is 0.364 e. The summed E-state index contributed by atoms with van der Waals surface area (Å²) < 4.78 is 22.5. The van der Waals surface area contributed by atoms with E-state index >= 15 is 0 Å². The van der Waals surface area contributed by atoms with Crippen LogP contribution in [0.3, 0.4) is 0 Å². The number of carbonyl (C=O) groups is 2. The SMILES string of the molecule is CCCCCCCCCCCCO[C@@H]1O[C@H](CO)[C@H](O)[C@H](O[C@]2(C(=O)O)C[C@H](O)[C@@H](NC(C)=O)[C@H]([C@H](O)[C@H](O)CO)O2)[C@H]1O. The van der Waals surface area contributed by atoms with Crippen LogP contribution in [-0.2, 0) is 28.5 Å². The maximum atomic E-state index is 12.5. The van der Waals surface area contributed by atoms with Crippen molar-refractivity contribution in [3.05, 3.63) is 0 Å². The largest absolute Gasteiger partial charge is 0.477 e. The van der Waals surface area contributed by atoms with Crippen LogP contribution in [0.15, 0.2) is 0 Å². The van der Waals surface area contributed by atoms with Gasteiger partial charge in [0.05, 0.1) is 25.4 Å². The van der Waals surface area contributed by atoms with Gasteiger partial charge in [0.25, 0.3) is 5.79 Å². The van der Waals surface area contributed by atoms with Crippen LogP contribution in [-0.4, -0.2) is 140 Å². The molecule has 2 aliphatic heterocycles. The van der Waals surface area contributed by atoms with Crippen LogP contribution in [0.4, 0.5) is 0 Å². The number of rotatable bonds is 20. The van der Waals surface area contributed by atoms with Crippen molar-refractivity contribution in [2.24, 2.45) is 0 Å². The zero-order chi connectivity index (χ0) is 32.9. The fourth-order valence-electron chi connectivity index (χ4n) is 5.59. The molecule has 15 heteroatoms. The molecule has 0 bridgehead atoms. The summed E-state index contributed by atoms with van der Waals surface area (Å²) in [6, 6.07) is -1.42. The lowest BCUT2D eigenvalue weighted by Gasteiger charge is -2.50. The molecule has 2 heterocycles. The minimum atomic E-state index is -2.82. The summed E-state index contributed by atoms with van der Waals surface area (Å²) in [6.45, 7) is 1.77. The molecule has 44 heavy (non-hydrogen) atoms. The maximum absolute atomic E-state index is 12.5. The van der Waals surface area contributed by atoms with E-state index in [4.69, 9.17) is 18.9 Å². The number of unbranched alkanes of at least 4 members (excludes halogenated alkanes) is 9. The van der Waals surface area contributed by atoms with Crippen LogP contribution < -0.4 is 5.32 Å². The molecule has 0 unspecified atom stereocenters. The number of amides is 1. The lowest BCUT2D eigenvalue weighted by molar-refractivity contribution is -0.369. The van der Waals surface area contributed by atoms with Crippen molar-refractivity contribution in [2.45, 2.75) is 151 Å². The molecule has 0 aliphatic carbocycles. The van der Waals surface area contributed by atoms with Crippen LogP contribution in [0.2, 0.25) is 0 Å². The number of aliphatic hydroxyl groups is 7. The minimum Gasteiger partial charge on any atom is -0.477 e. The van der Waals surface area contributed by atoms with Crippen molar-refractivity contribution in [1.82, 2.24) is 5.32 Å². The van der Waals surface area contributed by atoms with Gasteiger partial charge in [-0.1, -0.05) is 64.7 Å². The molecular formula is C29H53NO14. The Balaban J connectivity index is 2.10. The van der Waals surface area contributed by atoms with Crippen molar-refractivity contribution in [3.63, 3.8) is 0 Å². The summed E-state index contributed by atoms with van der Waals surface area (Å²) in [5.41, 5.74) is 0. The Morgan fingerprint density at radius 1 is 0.955 bits per heavy atom. The molecular weight excluding hydrogens is 586 g/mol. The Morgan fingerprint density at radius 3 is 2.07 bits per heavy atom. The highest BCUT2D eigenvalue weighted by atomic mass is 16.8. The van der Waals surface area contributed by atoms with Crippen LogP contribution in [0.5, 0.6) is 0 Å². The van der Waals surface area contributed by atoms with Gasteiger partial charge in [-0.25, -0.2) is 4.79 Å². The highest BCUT2D eigenvalue weighted by Crippen LogP contribution is 2.37. The monoisotopic (exact) mass is 639 g/mol. The number of carboxylic acid groups (broad SMARTS) is 1. The second-order valence-corrected chi connectivity index (χ2v) is 11.7. The van der Waals surface area contributed by atoms with E-state index in [1.54, 1.807) is 0 Å². The number of ether oxygens (including phenoxy) is 4. The van der Waals surface area contributed by atoms with Gasteiger partial charge in [0, 0.05) is 20.0 Å². The molecule has 0 radical (unpaired) electrons. The number of aliphatic carboxylic acids is 1. The quantitative estimate of drug-likeness (QED) is 0.0718. The first-order chi connectivity index (χ1) is 20.9. The molecule has 11 atom stereocenters. The summed E-state index contributed by atoms with van der Waals surface area (Å²) in [6.07, 6.45) is -5.34. The molecule has 15 nitrogen and oxygen atoms in total. The third kappa shape index (κ3) is 10.8. The summed E-state index contributed by atoms with van der Waals surface area (Å²) in [5.74, 6) is -5.30. The number of nitrogens with one attached hydrogen (secondary N) is 1. The van der Waals surface area contributed by atoms with Gasteiger partial charge in [-0.2, -0.15) is 0 Å². The fourth-order valence-corrected chi connectivity index (χ4v) is 5.59. The topological polar surface area (TPSA) is 245 Å². The lowest BCUT2D eigenvalue weighted by atomic mass is 9.88. The maximum Gasteiger partial charge on any atom is 0.364 e. The van der Waals surface area contributed by atoms with Gasteiger partial charge >= 0.3 is 5.97 Å². The highest BCUT2D eigenvalue weighted by Gasteiger charge is 2.59. The van der Waals surface area contributed by atoms with Gasteiger partial charge in [-0.3, -0.25) is 4.79 Å². The van der Waals surface area contributed by atoms with E-state index in [2.05, 4.69) is 12.2 Å². The van der Waals surface area contributed by atoms with E-state index in [9.17, 15) is 50.4 Å². The molecule has 0 spiro atoms. The molecule has 2 saturated heterocycles. The van der Waals surface area contributed by atoms with E-state index in [0.29, 0.717) is 6.42 Å². The lowest BCUT2D eigenvalue weighted by Crippen LogP contribution is -2.70. The average Bonchev–Trinajstić information content (AvgIpc) is 2.99. The Bertz CT molecular complexity index is 851. The van der Waals surface area contributed by atoms with Crippen molar-refractivity contribution in [2.75, 3.05) is 19.8 Å². The van der Waals surface area contributed by atoms with E-state index in [1.807, 2.05) is 0 Å². The van der Waals surface area contributed by atoms with Crippen LogP contribution in [0.1, 0.15) is 84.5 Å². The molecule has 9 N–H and O–H groups in total. The summed E-state index contributed by atoms with van der Waals surface area (Å²) in [5, 5.41) is 85.0. The van der Waals surface area contributed by atoms with E-state index < -0.39 is 98.5 Å². The molecule has 2 rings (SSSR count). The van der Waals surface area contributed by atoms with Gasteiger partial charge in [0.2, 0.25) is 5.91 Å². The van der Waals surface area contributed by atoms with Gasteiger partial charge in [0.1, 0.15) is 42.7 Å². The minimum absolute atomic E-state index is 0.171. The molecule has 2 aliphatic rings. The van der Waals surface area contributed by atoms with E-state index in [0.717, 1.165) is 32.6 Å². The molecule has 2 fully saturated rings. The van der Waals surface area contributed by atoms with Gasteiger partial charge in [0.15, 0.2) is 6.29 Å². The molecule has 1 amide bonds. The number of carboxylic acids is 1. The third-order valence-electron chi connectivity index (χ3n) is 8.11. The van der Waals surface area contributed by atoms with E-state index in [-0.39, 0.29) is 6.61 Å². The van der Waals surface area contributed by atoms with Crippen LogP contribution in [0.25, 0.3) is 0 Å². The first-order valence-corrected chi connectivity index (χ1v) is 15.7. The van der Waals surface area contributed by atoms with Crippen molar-refractivity contribution in [1.29, 1.82) is 0 Å². The van der Waals surface area contributed by atoms with Crippen molar-refractivity contribution >= 4 is 11.9 Å². The Hall–Kier alpha value is -1.50. The molecule has 0 aromatic carbocycles. The summed E-state index contributed by atoms with van der Waals surface area (Å²) in [7, 11) is 0. The Kier molecular flexibility index (Phi) is 16.9. The van der Waals surface area contributed by atoms with Crippen molar-refractivity contribution in [3.8, 4) is 0 Å². The van der Waals surface area contributed by atoms with Crippen LogP contribution in [0, 0.1) is 0 Å². The zero-order valence-corrected chi connectivity index (χ0v) is 25.7. The second-order valence-electron chi connectivity index (χ2n) is 11.7. The van der Waals surface area contributed by atoms with Gasteiger partial charge in [-0.05, 0) is 6.42 Å². The molecule has 0 saturated carbocycles. The molecule has 0 aromatic rings. The highest BCUT2D eigenvalue weighted by molar-refractivity contribution is 5.76. The first-order valence-electron chi connectivity index (χ1n) is 15.7. The Morgan fingerprint density at radius 2 is 1.55 bits per heavy atom. The summed E-state index contributed by atoms with van der Waals surface area (Å²) >= 11 is 0. The van der Waals surface area contributed by atoms with Gasteiger partial charge < -0.3 is 65.1 Å². The normalized spacial score (nSPS) is 33.9. The number of aliphatic hydroxyl groups excluding tert-OH is 7. The predicted molar refractivity (Wildman–Crippen MR) is 153 cm³/mol. The predicted octanol–water partition coefficient (Wildman–Crippen LogP) is -1.10. The number of carbonyl (C=O) groups excluding carboxylic acids is 1. The Labute approximate surface area is 258 Å². The van der Waals surface area contributed by atoms with Gasteiger partial charge in [-0.15, -0.1) is 0 Å². The zero-order valence-electron chi connectivity index (χ0n) is 25.7. The molecule has 258 valence electrons. The second kappa shape index (κ2) is 19.2. The fraction of sp³-hybridized carbons (Fsp3) is 0.931. The number of hydrogen-bond acceptors (Lipinski definition) is 13. The van der Waals surface area contributed by atoms with Crippen LogP contribution >= 0.6 is 0 Å².